The summed E-state index contributed by atoms with van der Waals surface area (Å²) in [5.74, 6) is 0.306. The van der Waals surface area contributed by atoms with Crippen LogP contribution in [0.5, 0.6) is 5.75 Å². The minimum absolute atomic E-state index is 0.0635. The summed E-state index contributed by atoms with van der Waals surface area (Å²) in [7, 11) is 0. The Bertz CT molecular complexity index is 628. The highest BCUT2D eigenvalue weighted by Crippen LogP contribution is 2.23. The first kappa shape index (κ1) is 14.8. The summed E-state index contributed by atoms with van der Waals surface area (Å²) in [6.45, 7) is 4.63. The van der Waals surface area contributed by atoms with E-state index in [0.717, 1.165) is 17.0 Å². The second kappa shape index (κ2) is 6.74. The number of anilines is 1. The molecule has 1 amide bonds. The fourth-order valence-corrected chi connectivity index (χ4v) is 2.03. The van der Waals surface area contributed by atoms with E-state index in [1.165, 1.54) is 0 Å². The third-order valence-corrected chi connectivity index (χ3v) is 3.06. The first-order chi connectivity index (χ1) is 10.1. The Balaban J connectivity index is 2.13. The van der Waals surface area contributed by atoms with Crippen molar-refractivity contribution in [3.63, 3.8) is 0 Å². The van der Waals surface area contributed by atoms with E-state index in [9.17, 15) is 4.79 Å². The largest absolute Gasteiger partial charge is 0.494 e. The molecule has 0 radical (unpaired) electrons. The Morgan fingerprint density at radius 2 is 2.19 bits per heavy atom. The number of nitrogens with zero attached hydrogens (tertiary/aromatic N) is 1. The molecule has 3 N–H and O–H groups in total. The van der Waals surface area contributed by atoms with E-state index >= 15 is 0 Å². The molecular weight excluding hydrogens is 266 g/mol. The molecule has 5 heteroatoms. The van der Waals surface area contributed by atoms with Gasteiger partial charge in [-0.3, -0.25) is 9.78 Å². The molecule has 1 heterocycles. The Kier molecular flexibility index (Phi) is 4.77. The van der Waals surface area contributed by atoms with E-state index in [4.69, 9.17) is 10.5 Å². The molecule has 0 aliphatic carbocycles. The zero-order chi connectivity index (χ0) is 15.2. The maximum atomic E-state index is 11.1. The lowest BCUT2D eigenvalue weighted by atomic mass is 10.1. The van der Waals surface area contributed by atoms with Gasteiger partial charge in [0.2, 0.25) is 0 Å². The smallest absolute Gasteiger partial charge is 0.267 e. The molecule has 21 heavy (non-hydrogen) atoms. The molecule has 0 aliphatic heterocycles. The van der Waals surface area contributed by atoms with Crippen LogP contribution in [0.15, 0.2) is 42.6 Å². The lowest BCUT2D eigenvalue weighted by Crippen LogP contribution is -2.14. The molecule has 2 aromatic rings. The monoisotopic (exact) mass is 285 g/mol. The molecule has 0 spiro atoms. The maximum Gasteiger partial charge on any atom is 0.267 e. The Labute approximate surface area is 124 Å². The first-order valence-corrected chi connectivity index (χ1v) is 6.85. The second-order valence-corrected chi connectivity index (χ2v) is 4.67. The first-order valence-electron chi connectivity index (χ1n) is 6.85. The Hall–Kier alpha value is -2.56. The fraction of sp³-hybridized carbons (Fsp3) is 0.250. The van der Waals surface area contributed by atoms with Crippen molar-refractivity contribution >= 4 is 11.6 Å². The number of carbonyl (C=O) groups excluding carboxylic acids is 1. The van der Waals surface area contributed by atoms with Crippen molar-refractivity contribution in [1.29, 1.82) is 0 Å². The van der Waals surface area contributed by atoms with Crippen LogP contribution in [0.25, 0.3) is 0 Å². The molecule has 0 fully saturated rings. The molecular formula is C16H19N3O2. The summed E-state index contributed by atoms with van der Waals surface area (Å²) < 4.78 is 5.50. The van der Waals surface area contributed by atoms with Gasteiger partial charge in [0.1, 0.15) is 11.4 Å². The quantitative estimate of drug-likeness (QED) is 0.855. The van der Waals surface area contributed by atoms with E-state index in [1.54, 1.807) is 18.3 Å². The molecule has 1 unspecified atom stereocenters. The van der Waals surface area contributed by atoms with E-state index < -0.39 is 5.91 Å². The van der Waals surface area contributed by atoms with Gasteiger partial charge in [-0.25, -0.2) is 0 Å². The summed E-state index contributed by atoms with van der Waals surface area (Å²) in [5.41, 5.74) is 7.37. The molecule has 0 saturated carbocycles. The Morgan fingerprint density at radius 1 is 1.38 bits per heavy atom. The van der Waals surface area contributed by atoms with Crippen molar-refractivity contribution in [2.75, 3.05) is 11.9 Å². The highest BCUT2D eigenvalue weighted by Gasteiger charge is 2.08. The van der Waals surface area contributed by atoms with Gasteiger partial charge in [0.05, 0.1) is 6.61 Å². The number of benzene rings is 1. The van der Waals surface area contributed by atoms with Gasteiger partial charge in [0.25, 0.3) is 5.91 Å². The van der Waals surface area contributed by atoms with Gasteiger partial charge in [-0.2, -0.15) is 0 Å². The lowest BCUT2D eigenvalue weighted by molar-refractivity contribution is 0.0995. The Morgan fingerprint density at radius 3 is 2.90 bits per heavy atom. The van der Waals surface area contributed by atoms with Crippen LogP contribution in [0.1, 0.15) is 35.9 Å². The number of hydrogen-bond donors (Lipinski definition) is 2. The topological polar surface area (TPSA) is 77.2 Å². The van der Waals surface area contributed by atoms with Crippen molar-refractivity contribution in [1.82, 2.24) is 4.98 Å². The third kappa shape index (κ3) is 3.95. The van der Waals surface area contributed by atoms with E-state index in [2.05, 4.69) is 10.3 Å². The molecule has 110 valence electrons. The van der Waals surface area contributed by atoms with Gasteiger partial charge >= 0.3 is 0 Å². The van der Waals surface area contributed by atoms with Crippen molar-refractivity contribution < 1.29 is 9.53 Å². The highest BCUT2D eigenvalue weighted by molar-refractivity contribution is 5.91. The van der Waals surface area contributed by atoms with Crippen LogP contribution in [0.2, 0.25) is 0 Å². The van der Waals surface area contributed by atoms with Crippen LogP contribution in [-0.4, -0.2) is 17.5 Å². The summed E-state index contributed by atoms with van der Waals surface area (Å²) in [4.78, 5) is 15.1. The zero-order valence-electron chi connectivity index (χ0n) is 12.2. The molecule has 1 aromatic heterocycles. The minimum Gasteiger partial charge on any atom is -0.494 e. The van der Waals surface area contributed by atoms with Crippen LogP contribution in [0, 0.1) is 0 Å². The van der Waals surface area contributed by atoms with Crippen molar-refractivity contribution in [3.05, 3.63) is 53.9 Å². The van der Waals surface area contributed by atoms with E-state index in [-0.39, 0.29) is 11.7 Å². The van der Waals surface area contributed by atoms with E-state index in [0.29, 0.717) is 6.61 Å². The molecule has 0 aliphatic rings. The summed E-state index contributed by atoms with van der Waals surface area (Å²) in [6, 6.07) is 11.4. The standard InChI is InChI=1S/C16H19N3O2/c1-3-21-14-6-4-5-12(9-14)11(2)19-13-7-8-18-15(10-13)16(17)20/h4-11H,3H2,1-2H3,(H2,17,20)(H,18,19). The number of nitrogens with two attached hydrogens (primary N) is 1. The average molecular weight is 285 g/mol. The molecule has 0 saturated heterocycles. The van der Waals surface area contributed by atoms with Gasteiger partial charge in [0, 0.05) is 17.9 Å². The van der Waals surface area contributed by atoms with Crippen LogP contribution in [-0.2, 0) is 0 Å². The van der Waals surface area contributed by atoms with Gasteiger partial charge in [-0.05, 0) is 43.7 Å². The van der Waals surface area contributed by atoms with Crippen molar-refractivity contribution in [2.24, 2.45) is 5.73 Å². The number of aromatic nitrogens is 1. The number of nitrogens with one attached hydrogen (secondary N) is 1. The molecule has 5 nitrogen and oxygen atoms in total. The molecule has 1 atom stereocenters. The number of primary amides is 1. The maximum absolute atomic E-state index is 11.1. The van der Waals surface area contributed by atoms with Crippen LogP contribution in [0.4, 0.5) is 5.69 Å². The summed E-state index contributed by atoms with van der Waals surface area (Å²) >= 11 is 0. The highest BCUT2D eigenvalue weighted by atomic mass is 16.5. The van der Waals surface area contributed by atoms with Gasteiger partial charge in [-0.15, -0.1) is 0 Å². The van der Waals surface area contributed by atoms with E-state index in [1.807, 2.05) is 38.1 Å². The number of rotatable bonds is 6. The summed E-state index contributed by atoms with van der Waals surface area (Å²) in [6.07, 6.45) is 1.56. The normalized spacial score (nSPS) is 11.7. The van der Waals surface area contributed by atoms with Crippen LogP contribution in [0.3, 0.4) is 0 Å². The number of carbonyl (C=O) groups is 1. The third-order valence-electron chi connectivity index (χ3n) is 3.06. The SMILES string of the molecule is CCOc1cccc(C(C)Nc2ccnc(C(N)=O)c2)c1. The van der Waals surface area contributed by atoms with Gasteiger partial charge < -0.3 is 15.8 Å². The number of ether oxygens (including phenoxy) is 1. The molecule has 2 rings (SSSR count). The fourth-order valence-electron chi connectivity index (χ4n) is 2.03. The van der Waals surface area contributed by atoms with Crippen LogP contribution >= 0.6 is 0 Å². The zero-order valence-corrected chi connectivity index (χ0v) is 12.2. The average Bonchev–Trinajstić information content (AvgIpc) is 2.48. The lowest BCUT2D eigenvalue weighted by Gasteiger charge is -2.17. The molecule has 1 aromatic carbocycles. The number of amides is 1. The minimum atomic E-state index is -0.537. The number of pyridine rings is 1. The van der Waals surface area contributed by atoms with Crippen molar-refractivity contribution in [2.45, 2.75) is 19.9 Å². The van der Waals surface area contributed by atoms with Crippen molar-refractivity contribution in [3.8, 4) is 5.75 Å². The predicted molar refractivity (Wildman–Crippen MR) is 82.4 cm³/mol. The number of hydrogen-bond acceptors (Lipinski definition) is 4. The van der Waals surface area contributed by atoms with Crippen LogP contribution < -0.4 is 15.8 Å². The second-order valence-electron chi connectivity index (χ2n) is 4.67. The molecule has 0 bridgehead atoms. The van der Waals surface area contributed by atoms with Gasteiger partial charge in [-0.1, -0.05) is 12.1 Å². The predicted octanol–water partition coefficient (Wildman–Crippen LogP) is 2.75. The summed E-state index contributed by atoms with van der Waals surface area (Å²) in [5, 5.41) is 3.32. The van der Waals surface area contributed by atoms with Gasteiger partial charge in [0.15, 0.2) is 0 Å².